The molecule has 8 nitrogen and oxygen atoms in total. The molecule has 2 amide bonds. The summed E-state index contributed by atoms with van der Waals surface area (Å²) in [4.78, 5) is 51.6. The van der Waals surface area contributed by atoms with Gasteiger partial charge in [0, 0.05) is 13.0 Å². The Morgan fingerprint density at radius 1 is 0.917 bits per heavy atom. The number of rotatable bonds is 9. The van der Waals surface area contributed by atoms with Crippen molar-refractivity contribution in [1.82, 2.24) is 10.2 Å². The molecule has 4 rings (SSSR count). The van der Waals surface area contributed by atoms with Crippen molar-refractivity contribution in [2.45, 2.75) is 63.5 Å². The van der Waals surface area contributed by atoms with Crippen molar-refractivity contribution < 1.29 is 29.4 Å². The Morgan fingerprint density at radius 2 is 1.56 bits per heavy atom. The molecule has 0 spiro atoms. The van der Waals surface area contributed by atoms with Gasteiger partial charge in [0.25, 0.3) is 0 Å². The fraction of sp³-hybridized carbons (Fsp3) is 0.429. The van der Waals surface area contributed by atoms with Gasteiger partial charge >= 0.3 is 11.9 Å². The summed E-state index contributed by atoms with van der Waals surface area (Å²) in [5.74, 6) is -2.98. The predicted molar refractivity (Wildman–Crippen MR) is 133 cm³/mol. The van der Waals surface area contributed by atoms with Crippen LogP contribution in [0.5, 0.6) is 0 Å². The average Bonchev–Trinajstić information content (AvgIpc) is 3.54. The van der Waals surface area contributed by atoms with E-state index in [0.29, 0.717) is 32.2 Å². The first-order valence-electron chi connectivity index (χ1n) is 12.5. The molecule has 0 bridgehead atoms. The molecule has 3 N–H and O–H groups in total. The van der Waals surface area contributed by atoms with Gasteiger partial charge in [-0.25, -0.2) is 4.79 Å². The number of nitrogens with one attached hydrogen (secondary N) is 1. The quantitative estimate of drug-likeness (QED) is 0.492. The molecule has 2 fully saturated rings. The van der Waals surface area contributed by atoms with Crippen LogP contribution >= 0.6 is 0 Å². The van der Waals surface area contributed by atoms with Crippen LogP contribution in [-0.2, 0) is 25.6 Å². The first-order chi connectivity index (χ1) is 17.3. The molecule has 190 valence electrons. The maximum Gasteiger partial charge on any atom is 0.326 e. The lowest BCUT2D eigenvalue weighted by molar-refractivity contribution is -0.150. The summed E-state index contributed by atoms with van der Waals surface area (Å²) in [6, 6.07) is 15.7. The lowest BCUT2D eigenvalue weighted by Crippen LogP contribution is -2.55. The predicted octanol–water partition coefficient (Wildman–Crippen LogP) is 3.49. The summed E-state index contributed by atoms with van der Waals surface area (Å²) in [6.07, 6.45) is 3.28. The first-order valence-corrected chi connectivity index (χ1v) is 12.5. The van der Waals surface area contributed by atoms with Gasteiger partial charge in [0.1, 0.15) is 12.1 Å². The molecule has 0 aromatic heterocycles. The third-order valence-electron chi connectivity index (χ3n) is 7.46. The Labute approximate surface area is 210 Å². The van der Waals surface area contributed by atoms with Crippen LogP contribution in [0, 0.1) is 5.41 Å². The van der Waals surface area contributed by atoms with Crippen LogP contribution in [0.1, 0.15) is 50.5 Å². The second-order valence-electron chi connectivity index (χ2n) is 9.88. The lowest BCUT2D eigenvalue weighted by atomic mass is 9.81. The standard InChI is InChI=1S/C28H32N2O6/c31-24(32)18-28(14-4-5-15-28)27(36)29-22(25(33)30-16-6-9-23(30)26(34)35)17-19-10-12-21(13-11-19)20-7-2-1-3-8-20/h1-3,7-8,10-13,22-23H,4-6,9,14-18H2,(H,29,36)(H,31,32)(H,34,35)/t22-,23-/m0/s1. The number of carbonyl (C=O) groups excluding carboxylic acids is 2. The van der Waals surface area contributed by atoms with Gasteiger partial charge in [-0.1, -0.05) is 67.4 Å². The van der Waals surface area contributed by atoms with E-state index in [1.54, 1.807) is 0 Å². The summed E-state index contributed by atoms with van der Waals surface area (Å²) < 4.78 is 0. The Morgan fingerprint density at radius 3 is 2.17 bits per heavy atom. The topological polar surface area (TPSA) is 124 Å². The number of carbonyl (C=O) groups is 4. The molecule has 0 unspecified atom stereocenters. The summed E-state index contributed by atoms with van der Waals surface area (Å²) >= 11 is 0. The Balaban J connectivity index is 1.58. The second kappa shape index (κ2) is 10.9. The molecule has 1 saturated carbocycles. The molecule has 1 aliphatic carbocycles. The zero-order chi connectivity index (χ0) is 25.7. The molecule has 0 radical (unpaired) electrons. The SMILES string of the molecule is O=C(O)CC1(C(=O)N[C@@H](Cc2ccc(-c3ccccc3)cc2)C(=O)N2CCC[C@H]2C(=O)O)CCCC1. The fourth-order valence-electron chi connectivity index (χ4n) is 5.52. The highest BCUT2D eigenvalue weighted by atomic mass is 16.4. The number of carboxylic acid groups (broad SMARTS) is 2. The number of likely N-dealkylation sites (tertiary alicyclic amines) is 1. The smallest absolute Gasteiger partial charge is 0.326 e. The van der Waals surface area contributed by atoms with E-state index in [9.17, 15) is 29.4 Å². The van der Waals surface area contributed by atoms with Crippen LogP contribution in [0.3, 0.4) is 0 Å². The highest BCUT2D eigenvalue weighted by Crippen LogP contribution is 2.41. The van der Waals surface area contributed by atoms with E-state index in [0.717, 1.165) is 29.5 Å². The van der Waals surface area contributed by atoms with Crippen molar-refractivity contribution in [3.63, 3.8) is 0 Å². The second-order valence-corrected chi connectivity index (χ2v) is 9.88. The van der Waals surface area contributed by atoms with E-state index in [1.165, 1.54) is 4.90 Å². The molecular weight excluding hydrogens is 460 g/mol. The molecule has 8 heteroatoms. The zero-order valence-corrected chi connectivity index (χ0v) is 20.2. The molecule has 2 aromatic carbocycles. The molecule has 36 heavy (non-hydrogen) atoms. The number of aliphatic carboxylic acids is 2. The van der Waals surface area contributed by atoms with E-state index in [-0.39, 0.29) is 12.8 Å². The van der Waals surface area contributed by atoms with Crippen molar-refractivity contribution in [2.24, 2.45) is 5.41 Å². The minimum absolute atomic E-state index is 0.186. The van der Waals surface area contributed by atoms with Gasteiger partial charge in [0.05, 0.1) is 11.8 Å². The minimum Gasteiger partial charge on any atom is -0.481 e. The minimum atomic E-state index is -1.06. The van der Waals surface area contributed by atoms with Crippen molar-refractivity contribution in [2.75, 3.05) is 6.54 Å². The zero-order valence-electron chi connectivity index (χ0n) is 20.2. The number of amides is 2. The van der Waals surface area contributed by atoms with Crippen molar-refractivity contribution in [1.29, 1.82) is 0 Å². The van der Waals surface area contributed by atoms with Crippen LogP contribution in [-0.4, -0.2) is 57.5 Å². The van der Waals surface area contributed by atoms with Crippen LogP contribution in [0.4, 0.5) is 0 Å². The van der Waals surface area contributed by atoms with E-state index in [4.69, 9.17) is 0 Å². The fourth-order valence-corrected chi connectivity index (χ4v) is 5.52. The van der Waals surface area contributed by atoms with Crippen molar-refractivity contribution in [3.05, 3.63) is 60.2 Å². The largest absolute Gasteiger partial charge is 0.481 e. The van der Waals surface area contributed by atoms with Gasteiger partial charge in [0.15, 0.2) is 0 Å². The maximum atomic E-state index is 13.6. The van der Waals surface area contributed by atoms with Crippen LogP contribution in [0.15, 0.2) is 54.6 Å². The number of benzene rings is 2. The maximum absolute atomic E-state index is 13.6. The Bertz CT molecular complexity index is 1110. The normalized spacial score (nSPS) is 19.6. The first kappa shape index (κ1) is 25.4. The monoisotopic (exact) mass is 492 g/mol. The van der Waals surface area contributed by atoms with Crippen LogP contribution in [0.25, 0.3) is 11.1 Å². The molecule has 2 aliphatic rings. The number of hydrogen-bond acceptors (Lipinski definition) is 4. The van der Waals surface area contributed by atoms with E-state index in [1.807, 2.05) is 54.6 Å². The van der Waals surface area contributed by atoms with Crippen LogP contribution in [0.2, 0.25) is 0 Å². The summed E-state index contributed by atoms with van der Waals surface area (Å²) in [5, 5.41) is 21.9. The Hall–Kier alpha value is -3.68. The van der Waals surface area contributed by atoms with Crippen molar-refractivity contribution >= 4 is 23.8 Å². The average molecular weight is 493 g/mol. The van der Waals surface area contributed by atoms with Gasteiger partial charge in [-0.05, 0) is 42.4 Å². The van der Waals surface area contributed by atoms with Crippen LogP contribution < -0.4 is 5.32 Å². The van der Waals surface area contributed by atoms with E-state index in [2.05, 4.69) is 5.32 Å². The lowest BCUT2D eigenvalue weighted by Gasteiger charge is -2.31. The molecular formula is C28H32N2O6. The summed E-state index contributed by atoms with van der Waals surface area (Å²) in [6.45, 7) is 0.315. The van der Waals surface area contributed by atoms with Gasteiger partial charge in [-0.3, -0.25) is 14.4 Å². The summed E-state index contributed by atoms with van der Waals surface area (Å²) in [5.41, 5.74) is 1.85. The molecule has 1 saturated heterocycles. The molecule has 2 atom stereocenters. The molecule has 1 heterocycles. The van der Waals surface area contributed by atoms with Crippen molar-refractivity contribution in [3.8, 4) is 11.1 Å². The third-order valence-corrected chi connectivity index (χ3v) is 7.46. The number of hydrogen-bond donors (Lipinski definition) is 3. The van der Waals surface area contributed by atoms with E-state index >= 15 is 0 Å². The Kier molecular flexibility index (Phi) is 7.72. The summed E-state index contributed by atoms with van der Waals surface area (Å²) in [7, 11) is 0. The van der Waals surface area contributed by atoms with Gasteiger partial charge in [0.2, 0.25) is 11.8 Å². The highest BCUT2D eigenvalue weighted by molar-refractivity contribution is 5.94. The molecule has 1 aliphatic heterocycles. The molecule has 2 aromatic rings. The third kappa shape index (κ3) is 5.58. The van der Waals surface area contributed by atoms with Gasteiger partial charge in [-0.15, -0.1) is 0 Å². The number of nitrogens with zero attached hydrogens (tertiary/aromatic N) is 1. The van der Waals surface area contributed by atoms with Gasteiger partial charge in [-0.2, -0.15) is 0 Å². The highest BCUT2D eigenvalue weighted by Gasteiger charge is 2.45. The number of carboxylic acids is 2. The van der Waals surface area contributed by atoms with Gasteiger partial charge < -0.3 is 20.4 Å². The van der Waals surface area contributed by atoms with E-state index < -0.39 is 41.3 Å².